The van der Waals surface area contributed by atoms with E-state index in [2.05, 4.69) is 46.7 Å². The molecule has 0 radical (unpaired) electrons. The topological polar surface area (TPSA) is 32.3 Å². The minimum absolute atomic E-state index is 0.0864. The van der Waals surface area contributed by atoms with E-state index in [0.29, 0.717) is 18.4 Å². The molecular formula is C15H21IN2O. The normalized spacial score (nSPS) is 24.2. The number of carbonyl (C=O) groups excluding carboxylic acids is 1. The summed E-state index contributed by atoms with van der Waals surface area (Å²) in [6, 6.07) is 7.90. The van der Waals surface area contributed by atoms with Crippen LogP contribution in [0.15, 0.2) is 24.3 Å². The van der Waals surface area contributed by atoms with E-state index in [1.165, 1.54) is 6.42 Å². The summed E-state index contributed by atoms with van der Waals surface area (Å²) in [6.07, 6.45) is 1.27. The second kappa shape index (κ2) is 6.70. The van der Waals surface area contributed by atoms with Crippen molar-refractivity contribution in [2.45, 2.75) is 20.3 Å². The van der Waals surface area contributed by atoms with Crippen molar-refractivity contribution in [3.63, 3.8) is 0 Å². The molecule has 1 aliphatic rings. The van der Waals surface area contributed by atoms with Crippen LogP contribution in [-0.4, -0.2) is 30.4 Å². The van der Waals surface area contributed by atoms with Gasteiger partial charge in [-0.3, -0.25) is 9.69 Å². The summed E-state index contributed by atoms with van der Waals surface area (Å²) in [7, 11) is 0. The summed E-state index contributed by atoms with van der Waals surface area (Å²) in [4.78, 5) is 14.3. The summed E-state index contributed by atoms with van der Waals surface area (Å²) in [5.74, 6) is 1.46. The van der Waals surface area contributed by atoms with E-state index >= 15 is 0 Å². The molecule has 1 saturated heterocycles. The van der Waals surface area contributed by atoms with Gasteiger partial charge in [-0.1, -0.05) is 19.9 Å². The van der Waals surface area contributed by atoms with E-state index in [-0.39, 0.29) is 5.91 Å². The molecule has 2 rings (SSSR count). The number of benzene rings is 1. The van der Waals surface area contributed by atoms with Crippen LogP contribution in [0, 0.1) is 15.4 Å². The Labute approximate surface area is 128 Å². The molecular weight excluding hydrogens is 351 g/mol. The first kappa shape index (κ1) is 14.8. The fourth-order valence-corrected chi connectivity index (χ4v) is 3.43. The van der Waals surface area contributed by atoms with Gasteiger partial charge in [-0.25, -0.2) is 0 Å². The number of carbonyl (C=O) groups is 1. The lowest BCUT2D eigenvalue weighted by Gasteiger charge is -2.34. The zero-order chi connectivity index (χ0) is 13.8. The highest BCUT2D eigenvalue weighted by atomic mass is 127. The van der Waals surface area contributed by atoms with Crippen molar-refractivity contribution in [1.82, 2.24) is 4.90 Å². The van der Waals surface area contributed by atoms with Crippen LogP contribution in [0.2, 0.25) is 0 Å². The second-order valence-electron chi connectivity index (χ2n) is 5.70. The number of nitrogens with zero attached hydrogens (tertiary/aromatic N) is 1. The van der Waals surface area contributed by atoms with Crippen LogP contribution in [-0.2, 0) is 4.79 Å². The first-order valence-corrected chi connectivity index (χ1v) is 7.88. The lowest BCUT2D eigenvalue weighted by molar-refractivity contribution is -0.117. The lowest BCUT2D eigenvalue weighted by atomic mass is 9.92. The summed E-state index contributed by atoms with van der Waals surface area (Å²) < 4.78 is 1.13. The van der Waals surface area contributed by atoms with Crippen molar-refractivity contribution >= 4 is 34.2 Å². The van der Waals surface area contributed by atoms with Crippen LogP contribution in [0.3, 0.4) is 0 Å². The molecule has 0 bridgehead atoms. The van der Waals surface area contributed by atoms with E-state index in [1.54, 1.807) is 0 Å². The van der Waals surface area contributed by atoms with Crippen LogP contribution in [0.25, 0.3) is 0 Å². The Morgan fingerprint density at radius 2 is 2.05 bits per heavy atom. The molecule has 0 saturated carbocycles. The average Bonchev–Trinajstić information content (AvgIpc) is 2.26. The highest BCUT2D eigenvalue weighted by Gasteiger charge is 2.23. The van der Waals surface area contributed by atoms with E-state index in [4.69, 9.17) is 0 Å². The van der Waals surface area contributed by atoms with E-state index in [0.717, 1.165) is 22.3 Å². The van der Waals surface area contributed by atoms with Gasteiger partial charge in [0.15, 0.2) is 0 Å². The largest absolute Gasteiger partial charge is 0.325 e. The monoisotopic (exact) mass is 372 g/mol. The van der Waals surface area contributed by atoms with Crippen LogP contribution in [0.4, 0.5) is 5.69 Å². The predicted molar refractivity (Wildman–Crippen MR) is 87.2 cm³/mol. The highest BCUT2D eigenvalue weighted by molar-refractivity contribution is 14.1. The quantitative estimate of drug-likeness (QED) is 0.827. The Morgan fingerprint density at radius 3 is 2.68 bits per heavy atom. The fourth-order valence-electron chi connectivity index (χ4n) is 2.89. The number of rotatable bonds is 3. The summed E-state index contributed by atoms with van der Waals surface area (Å²) in [5.41, 5.74) is 0.884. The molecule has 1 heterocycles. The van der Waals surface area contributed by atoms with Crippen LogP contribution >= 0.6 is 22.6 Å². The van der Waals surface area contributed by atoms with Gasteiger partial charge in [-0.15, -0.1) is 0 Å². The number of halogens is 1. The van der Waals surface area contributed by atoms with Crippen molar-refractivity contribution in [2.24, 2.45) is 11.8 Å². The standard InChI is InChI=1S/C15H21IN2O/c1-11-6-12(2)9-18(8-11)10-15(19)17-14-5-3-4-13(16)7-14/h3-5,7,11-12H,6,8-10H2,1-2H3,(H,17,19)/t11-,12-/m1/s1. The van der Waals surface area contributed by atoms with Gasteiger partial charge in [0.1, 0.15) is 0 Å². The van der Waals surface area contributed by atoms with Crippen molar-refractivity contribution in [3.8, 4) is 0 Å². The zero-order valence-corrected chi connectivity index (χ0v) is 13.7. The Kier molecular flexibility index (Phi) is 5.21. The van der Waals surface area contributed by atoms with Gasteiger partial charge in [0.05, 0.1) is 6.54 Å². The molecule has 2 atom stereocenters. The molecule has 104 valence electrons. The summed E-state index contributed by atoms with van der Waals surface area (Å²) in [6.45, 7) is 7.09. The Hall–Kier alpha value is -0.620. The summed E-state index contributed by atoms with van der Waals surface area (Å²) in [5, 5.41) is 2.97. The van der Waals surface area contributed by atoms with E-state index in [1.807, 2.05) is 24.3 Å². The van der Waals surface area contributed by atoms with Crippen molar-refractivity contribution in [3.05, 3.63) is 27.8 Å². The molecule has 1 N–H and O–H groups in total. The third-order valence-electron chi connectivity index (χ3n) is 3.42. The van der Waals surface area contributed by atoms with Gasteiger partial charge in [-0.2, -0.15) is 0 Å². The maximum Gasteiger partial charge on any atom is 0.238 e. The fraction of sp³-hybridized carbons (Fsp3) is 0.533. The molecule has 3 nitrogen and oxygen atoms in total. The average molecular weight is 372 g/mol. The molecule has 1 amide bonds. The number of piperidine rings is 1. The molecule has 1 fully saturated rings. The molecule has 0 spiro atoms. The third kappa shape index (κ3) is 4.76. The highest BCUT2D eigenvalue weighted by Crippen LogP contribution is 2.20. The molecule has 0 unspecified atom stereocenters. The van der Waals surface area contributed by atoms with Crippen molar-refractivity contribution < 1.29 is 4.79 Å². The number of nitrogens with one attached hydrogen (secondary N) is 1. The first-order valence-electron chi connectivity index (χ1n) is 6.80. The van der Waals surface area contributed by atoms with E-state index < -0.39 is 0 Å². The number of anilines is 1. The molecule has 0 aromatic heterocycles. The minimum atomic E-state index is 0.0864. The third-order valence-corrected chi connectivity index (χ3v) is 4.09. The maximum absolute atomic E-state index is 12.1. The van der Waals surface area contributed by atoms with Crippen LogP contribution in [0.5, 0.6) is 0 Å². The Balaban J connectivity index is 1.87. The van der Waals surface area contributed by atoms with Gasteiger partial charge in [0.2, 0.25) is 5.91 Å². The second-order valence-corrected chi connectivity index (χ2v) is 6.94. The molecule has 0 aliphatic carbocycles. The number of amides is 1. The smallest absolute Gasteiger partial charge is 0.238 e. The van der Waals surface area contributed by atoms with Gasteiger partial charge in [-0.05, 0) is 59.0 Å². The van der Waals surface area contributed by atoms with Gasteiger partial charge in [0, 0.05) is 22.3 Å². The minimum Gasteiger partial charge on any atom is -0.325 e. The predicted octanol–water partition coefficient (Wildman–Crippen LogP) is 3.21. The zero-order valence-electron chi connectivity index (χ0n) is 11.5. The molecule has 19 heavy (non-hydrogen) atoms. The SMILES string of the molecule is C[C@@H]1C[C@@H](C)CN(CC(=O)Nc2cccc(I)c2)C1. The number of hydrogen-bond acceptors (Lipinski definition) is 2. The molecule has 1 aromatic rings. The van der Waals surface area contributed by atoms with Gasteiger partial charge >= 0.3 is 0 Å². The number of likely N-dealkylation sites (tertiary alicyclic amines) is 1. The molecule has 1 aromatic carbocycles. The Bertz CT molecular complexity index is 440. The summed E-state index contributed by atoms with van der Waals surface area (Å²) >= 11 is 2.25. The van der Waals surface area contributed by atoms with Crippen LogP contribution < -0.4 is 5.32 Å². The Morgan fingerprint density at radius 1 is 1.37 bits per heavy atom. The maximum atomic E-state index is 12.1. The van der Waals surface area contributed by atoms with Crippen molar-refractivity contribution in [1.29, 1.82) is 0 Å². The van der Waals surface area contributed by atoms with Crippen LogP contribution in [0.1, 0.15) is 20.3 Å². The first-order chi connectivity index (χ1) is 9.02. The van der Waals surface area contributed by atoms with E-state index in [9.17, 15) is 4.79 Å². The van der Waals surface area contributed by atoms with Gasteiger partial charge in [0.25, 0.3) is 0 Å². The van der Waals surface area contributed by atoms with Gasteiger partial charge < -0.3 is 5.32 Å². The molecule has 4 heteroatoms. The number of hydrogen-bond donors (Lipinski definition) is 1. The lowest BCUT2D eigenvalue weighted by Crippen LogP contribution is -2.42. The van der Waals surface area contributed by atoms with Crippen molar-refractivity contribution in [2.75, 3.05) is 25.0 Å². The molecule has 1 aliphatic heterocycles.